The molecule has 0 fully saturated rings. The van der Waals surface area contributed by atoms with Crippen LogP contribution in [0.1, 0.15) is 57.9 Å². The van der Waals surface area contributed by atoms with Crippen LogP contribution >= 0.6 is 11.3 Å². The molecule has 1 N–H and O–H groups in total. The van der Waals surface area contributed by atoms with Gasteiger partial charge in [-0.3, -0.25) is 4.79 Å². The summed E-state index contributed by atoms with van der Waals surface area (Å²) in [4.78, 5) is 20.7. The standard InChI is InChI=1S/C24H30N4OS/c1-6-15(2)26-27-23-25-21-20(22(29)28(23)17-10-8-7-9-11-17)18-13-12-16(24(3,4)5)14-19(18)30-21/h7-11,16H,6,12-14H2,1-5H3,(H,25,27)/b26-15+. The van der Waals surface area contributed by atoms with Crippen molar-refractivity contribution in [2.24, 2.45) is 16.4 Å². The molecular weight excluding hydrogens is 392 g/mol. The fourth-order valence-electron chi connectivity index (χ4n) is 4.08. The fraction of sp³-hybridized carbons (Fsp3) is 0.458. The van der Waals surface area contributed by atoms with Gasteiger partial charge in [0.15, 0.2) is 0 Å². The second-order valence-electron chi connectivity index (χ2n) is 9.21. The van der Waals surface area contributed by atoms with Crippen molar-refractivity contribution in [2.75, 3.05) is 5.43 Å². The van der Waals surface area contributed by atoms with Crippen molar-refractivity contribution in [2.45, 2.75) is 60.3 Å². The van der Waals surface area contributed by atoms with E-state index in [1.807, 2.05) is 37.3 Å². The predicted octanol–water partition coefficient (Wildman–Crippen LogP) is 5.80. The van der Waals surface area contributed by atoms with Gasteiger partial charge in [0.05, 0.1) is 11.1 Å². The van der Waals surface area contributed by atoms with Crippen molar-refractivity contribution < 1.29 is 0 Å². The second-order valence-corrected chi connectivity index (χ2v) is 10.3. The second kappa shape index (κ2) is 7.99. The van der Waals surface area contributed by atoms with Crippen LogP contribution in [0.2, 0.25) is 0 Å². The maximum Gasteiger partial charge on any atom is 0.268 e. The predicted molar refractivity (Wildman–Crippen MR) is 127 cm³/mol. The Kier molecular flexibility index (Phi) is 5.53. The van der Waals surface area contributed by atoms with Crippen LogP contribution in [0.3, 0.4) is 0 Å². The number of hydrazone groups is 1. The van der Waals surface area contributed by atoms with E-state index in [0.717, 1.165) is 47.3 Å². The number of nitrogens with zero attached hydrogens (tertiary/aromatic N) is 3. The first kappa shape index (κ1) is 20.8. The molecule has 30 heavy (non-hydrogen) atoms. The van der Waals surface area contributed by atoms with Crippen LogP contribution in [0.15, 0.2) is 40.2 Å². The van der Waals surface area contributed by atoms with Crippen LogP contribution in [0.5, 0.6) is 0 Å². The lowest BCUT2D eigenvalue weighted by molar-refractivity contribution is 0.218. The number of rotatable bonds is 4. The molecule has 1 atom stereocenters. The van der Waals surface area contributed by atoms with Gasteiger partial charge in [0.2, 0.25) is 5.95 Å². The van der Waals surface area contributed by atoms with Crippen molar-refractivity contribution in [1.82, 2.24) is 9.55 Å². The van der Waals surface area contributed by atoms with Gasteiger partial charge < -0.3 is 0 Å². The molecule has 1 unspecified atom stereocenters. The maximum absolute atomic E-state index is 13.7. The summed E-state index contributed by atoms with van der Waals surface area (Å²) >= 11 is 1.68. The van der Waals surface area contributed by atoms with E-state index < -0.39 is 0 Å². The molecule has 0 bridgehead atoms. The SMILES string of the molecule is CC/C(C)=N/Nc1nc2sc3c(c2c(=O)n1-c1ccccc1)CCC(C(C)(C)C)C3. The molecule has 0 radical (unpaired) electrons. The smallest absolute Gasteiger partial charge is 0.268 e. The Morgan fingerprint density at radius 2 is 2.03 bits per heavy atom. The lowest BCUT2D eigenvalue weighted by atomic mass is 9.72. The number of para-hydroxylation sites is 1. The topological polar surface area (TPSA) is 59.3 Å². The van der Waals surface area contributed by atoms with Gasteiger partial charge in [-0.2, -0.15) is 5.10 Å². The number of fused-ring (bicyclic) bond motifs is 3. The highest BCUT2D eigenvalue weighted by Crippen LogP contribution is 2.42. The molecule has 0 amide bonds. The minimum absolute atomic E-state index is 0.00948. The zero-order valence-electron chi connectivity index (χ0n) is 18.5. The summed E-state index contributed by atoms with van der Waals surface area (Å²) in [6, 6.07) is 9.70. The number of hydrogen-bond donors (Lipinski definition) is 1. The molecule has 1 aliphatic carbocycles. The Bertz CT molecular complexity index is 1150. The van der Waals surface area contributed by atoms with Gasteiger partial charge in [0.25, 0.3) is 5.56 Å². The molecule has 5 nitrogen and oxygen atoms in total. The van der Waals surface area contributed by atoms with E-state index in [1.165, 1.54) is 10.4 Å². The number of anilines is 1. The summed E-state index contributed by atoms with van der Waals surface area (Å²) in [6.45, 7) is 11.0. The molecule has 6 heteroatoms. The Balaban J connectivity index is 1.90. The molecule has 3 aromatic rings. The van der Waals surface area contributed by atoms with Crippen LogP contribution in [0.4, 0.5) is 5.95 Å². The van der Waals surface area contributed by atoms with Gasteiger partial charge in [-0.1, -0.05) is 45.9 Å². The van der Waals surface area contributed by atoms with Crippen LogP contribution in [-0.4, -0.2) is 15.3 Å². The first-order chi connectivity index (χ1) is 14.3. The lowest BCUT2D eigenvalue weighted by Gasteiger charge is -2.33. The highest BCUT2D eigenvalue weighted by atomic mass is 32.1. The minimum atomic E-state index is -0.00948. The average molecular weight is 423 g/mol. The van der Waals surface area contributed by atoms with E-state index in [9.17, 15) is 4.79 Å². The van der Waals surface area contributed by atoms with Crippen LogP contribution in [0, 0.1) is 11.3 Å². The molecule has 0 spiro atoms. The zero-order chi connectivity index (χ0) is 21.5. The van der Waals surface area contributed by atoms with Crippen molar-refractivity contribution in [3.05, 3.63) is 51.1 Å². The molecule has 2 heterocycles. The normalized spacial score (nSPS) is 17.2. The summed E-state index contributed by atoms with van der Waals surface area (Å²) in [6.07, 6.45) is 3.93. The van der Waals surface area contributed by atoms with Crippen LogP contribution in [-0.2, 0) is 12.8 Å². The number of benzene rings is 1. The monoisotopic (exact) mass is 422 g/mol. The Morgan fingerprint density at radius 3 is 2.70 bits per heavy atom. The average Bonchev–Trinajstić information content (AvgIpc) is 3.09. The van der Waals surface area contributed by atoms with Crippen LogP contribution in [0.25, 0.3) is 15.9 Å². The summed E-state index contributed by atoms with van der Waals surface area (Å²) in [7, 11) is 0. The van der Waals surface area contributed by atoms with Crippen molar-refractivity contribution >= 4 is 33.2 Å². The van der Waals surface area contributed by atoms with Gasteiger partial charge in [-0.05, 0) is 61.6 Å². The summed E-state index contributed by atoms with van der Waals surface area (Å²) in [5, 5.41) is 5.21. The number of thiophene rings is 1. The lowest BCUT2D eigenvalue weighted by Crippen LogP contribution is -2.27. The number of aromatic nitrogens is 2. The number of aryl methyl sites for hydroxylation is 1. The third-order valence-corrected chi connectivity index (χ3v) is 7.33. The molecule has 158 valence electrons. The van der Waals surface area contributed by atoms with E-state index in [4.69, 9.17) is 4.98 Å². The van der Waals surface area contributed by atoms with Gasteiger partial charge in [-0.15, -0.1) is 11.3 Å². The Hall–Kier alpha value is -2.47. The third kappa shape index (κ3) is 3.81. The van der Waals surface area contributed by atoms with Crippen molar-refractivity contribution in [1.29, 1.82) is 0 Å². The largest absolute Gasteiger partial charge is 0.268 e. The Morgan fingerprint density at radius 1 is 1.30 bits per heavy atom. The molecule has 0 aliphatic heterocycles. The van der Waals surface area contributed by atoms with Crippen LogP contribution < -0.4 is 11.0 Å². The van der Waals surface area contributed by atoms with E-state index in [2.05, 4.69) is 38.2 Å². The Labute approximate surface area is 181 Å². The fourth-order valence-corrected chi connectivity index (χ4v) is 5.37. The zero-order valence-corrected chi connectivity index (χ0v) is 19.3. The van der Waals surface area contributed by atoms with Crippen molar-refractivity contribution in [3.8, 4) is 5.69 Å². The minimum Gasteiger partial charge on any atom is -0.268 e. The van der Waals surface area contributed by atoms with Gasteiger partial charge in [-0.25, -0.2) is 15.0 Å². The number of hydrogen-bond acceptors (Lipinski definition) is 5. The molecular formula is C24H30N4OS. The van der Waals surface area contributed by atoms with E-state index in [0.29, 0.717) is 11.9 Å². The quantitative estimate of drug-likeness (QED) is 0.427. The van der Waals surface area contributed by atoms with Gasteiger partial charge >= 0.3 is 0 Å². The summed E-state index contributed by atoms with van der Waals surface area (Å²) in [5.74, 6) is 1.10. The number of nitrogens with one attached hydrogen (secondary N) is 1. The molecule has 1 aromatic carbocycles. The van der Waals surface area contributed by atoms with Crippen molar-refractivity contribution in [3.63, 3.8) is 0 Å². The van der Waals surface area contributed by atoms with E-state index in [1.54, 1.807) is 15.9 Å². The van der Waals surface area contributed by atoms with E-state index in [-0.39, 0.29) is 11.0 Å². The molecule has 4 rings (SSSR count). The molecule has 1 aliphatic rings. The molecule has 0 saturated carbocycles. The first-order valence-corrected chi connectivity index (χ1v) is 11.5. The van der Waals surface area contributed by atoms with Gasteiger partial charge in [0, 0.05) is 10.6 Å². The third-order valence-electron chi connectivity index (χ3n) is 6.18. The molecule has 2 aromatic heterocycles. The summed E-state index contributed by atoms with van der Waals surface area (Å²) in [5.41, 5.74) is 6.28. The van der Waals surface area contributed by atoms with E-state index >= 15 is 0 Å². The highest BCUT2D eigenvalue weighted by molar-refractivity contribution is 7.18. The highest BCUT2D eigenvalue weighted by Gasteiger charge is 2.32. The summed E-state index contributed by atoms with van der Waals surface area (Å²) < 4.78 is 1.66. The first-order valence-electron chi connectivity index (χ1n) is 10.7. The van der Waals surface area contributed by atoms with Gasteiger partial charge in [0.1, 0.15) is 4.83 Å². The maximum atomic E-state index is 13.7. The molecule has 0 saturated heterocycles.